The van der Waals surface area contributed by atoms with Gasteiger partial charge in [0.05, 0.1) is 12.5 Å². The summed E-state index contributed by atoms with van der Waals surface area (Å²) in [5, 5.41) is 2.58. The fourth-order valence-corrected chi connectivity index (χ4v) is 3.22. The number of likely N-dealkylation sites (tertiary alicyclic amines) is 1. The van der Waals surface area contributed by atoms with Crippen LogP contribution < -0.4 is 11.1 Å². The topological polar surface area (TPSA) is 75.4 Å². The van der Waals surface area contributed by atoms with Crippen molar-refractivity contribution in [3.05, 3.63) is 35.4 Å². The molecule has 8 heteroatoms. The molecular formula is C17H24ClF2N3O2. The van der Waals surface area contributed by atoms with Gasteiger partial charge < -0.3 is 16.0 Å². The molecule has 0 bridgehead atoms. The van der Waals surface area contributed by atoms with Crippen molar-refractivity contribution >= 4 is 24.2 Å². The monoisotopic (exact) mass is 375 g/mol. The molecule has 140 valence electrons. The molecular weight excluding hydrogens is 352 g/mol. The Bertz CT molecular complexity index is 630. The van der Waals surface area contributed by atoms with Gasteiger partial charge in [0.1, 0.15) is 11.6 Å². The van der Waals surface area contributed by atoms with E-state index in [2.05, 4.69) is 5.32 Å². The second kappa shape index (κ2) is 9.10. The molecule has 1 aliphatic rings. The van der Waals surface area contributed by atoms with Crippen molar-refractivity contribution in [2.45, 2.75) is 38.8 Å². The summed E-state index contributed by atoms with van der Waals surface area (Å²) in [6, 6.07) is 2.34. The maximum atomic E-state index is 14.0. The Labute approximate surface area is 152 Å². The normalized spacial score (nSPS) is 20.8. The zero-order valence-electron chi connectivity index (χ0n) is 14.3. The van der Waals surface area contributed by atoms with Gasteiger partial charge >= 0.3 is 0 Å². The van der Waals surface area contributed by atoms with Crippen LogP contribution in [0, 0.1) is 17.6 Å². The number of nitrogens with zero attached hydrogens (tertiary/aromatic N) is 1. The number of nitrogens with one attached hydrogen (secondary N) is 1. The molecule has 1 aromatic carbocycles. The predicted molar refractivity (Wildman–Crippen MR) is 93.1 cm³/mol. The van der Waals surface area contributed by atoms with Gasteiger partial charge in [0.15, 0.2) is 0 Å². The molecule has 1 aromatic rings. The largest absolute Gasteiger partial charge is 0.349 e. The molecule has 1 fully saturated rings. The van der Waals surface area contributed by atoms with Crippen LogP contribution in [0.1, 0.15) is 38.3 Å². The third-order valence-electron chi connectivity index (χ3n) is 4.41. The zero-order chi connectivity index (χ0) is 17.9. The summed E-state index contributed by atoms with van der Waals surface area (Å²) in [5.41, 5.74) is 5.77. The Morgan fingerprint density at radius 2 is 2.08 bits per heavy atom. The standard InChI is InChI=1S/C17H23F2N3O2.ClH/c1-10-5-12(8-20)9-22(10)17(24)7-16(21-11(2)23)14-4-3-13(18)6-15(14)19;/h3-4,6,10,12,16H,5,7-9,20H2,1-2H3,(H,21,23);1H. The smallest absolute Gasteiger partial charge is 0.225 e. The van der Waals surface area contributed by atoms with Gasteiger partial charge in [-0.15, -0.1) is 12.4 Å². The molecule has 1 heterocycles. The fourth-order valence-electron chi connectivity index (χ4n) is 3.22. The van der Waals surface area contributed by atoms with Crippen LogP contribution in [0.25, 0.3) is 0 Å². The number of hydrogen-bond acceptors (Lipinski definition) is 3. The van der Waals surface area contributed by atoms with Crippen LogP contribution in [0.4, 0.5) is 8.78 Å². The summed E-state index contributed by atoms with van der Waals surface area (Å²) in [4.78, 5) is 25.7. The third-order valence-corrected chi connectivity index (χ3v) is 4.41. The molecule has 3 N–H and O–H groups in total. The maximum Gasteiger partial charge on any atom is 0.225 e. The van der Waals surface area contributed by atoms with Crippen molar-refractivity contribution < 1.29 is 18.4 Å². The van der Waals surface area contributed by atoms with Gasteiger partial charge in [0.25, 0.3) is 0 Å². The van der Waals surface area contributed by atoms with E-state index in [-0.39, 0.29) is 48.2 Å². The van der Waals surface area contributed by atoms with Crippen LogP contribution in [0.3, 0.4) is 0 Å². The van der Waals surface area contributed by atoms with Crippen LogP contribution in [0.5, 0.6) is 0 Å². The average Bonchev–Trinajstić information content (AvgIpc) is 2.87. The highest BCUT2D eigenvalue weighted by molar-refractivity contribution is 5.85. The molecule has 3 unspecified atom stereocenters. The molecule has 3 atom stereocenters. The first-order valence-electron chi connectivity index (χ1n) is 8.03. The molecule has 0 aliphatic carbocycles. The van der Waals surface area contributed by atoms with E-state index in [1.54, 1.807) is 4.90 Å². The van der Waals surface area contributed by atoms with Gasteiger partial charge in [-0.1, -0.05) is 6.07 Å². The summed E-state index contributed by atoms with van der Waals surface area (Å²) < 4.78 is 27.1. The second-order valence-electron chi connectivity index (χ2n) is 6.36. The molecule has 1 saturated heterocycles. The maximum absolute atomic E-state index is 14.0. The fraction of sp³-hybridized carbons (Fsp3) is 0.529. The number of rotatable bonds is 5. The Kier molecular flexibility index (Phi) is 7.76. The molecule has 2 amide bonds. The summed E-state index contributed by atoms with van der Waals surface area (Å²) in [6.07, 6.45) is 0.752. The lowest BCUT2D eigenvalue weighted by Gasteiger charge is -2.25. The van der Waals surface area contributed by atoms with Crippen LogP contribution in [0.15, 0.2) is 18.2 Å². The average molecular weight is 376 g/mol. The summed E-state index contributed by atoms with van der Waals surface area (Å²) in [5.74, 6) is -1.79. The first-order chi connectivity index (χ1) is 11.3. The number of carbonyl (C=O) groups excluding carboxylic acids is 2. The molecule has 25 heavy (non-hydrogen) atoms. The van der Waals surface area contributed by atoms with Crippen molar-refractivity contribution in [3.8, 4) is 0 Å². The zero-order valence-corrected chi connectivity index (χ0v) is 15.1. The minimum Gasteiger partial charge on any atom is -0.349 e. The number of nitrogens with two attached hydrogens (primary N) is 1. The highest BCUT2D eigenvalue weighted by Gasteiger charge is 2.33. The first kappa shape index (κ1) is 21.3. The van der Waals surface area contributed by atoms with E-state index < -0.39 is 17.7 Å². The summed E-state index contributed by atoms with van der Waals surface area (Å²) in [6.45, 7) is 4.31. The summed E-state index contributed by atoms with van der Waals surface area (Å²) >= 11 is 0. The van der Waals surface area contributed by atoms with Gasteiger partial charge in [-0.3, -0.25) is 9.59 Å². The van der Waals surface area contributed by atoms with E-state index in [9.17, 15) is 18.4 Å². The number of amides is 2. The van der Waals surface area contributed by atoms with Gasteiger partial charge in [-0.25, -0.2) is 8.78 Å². The van der Waals surface area contributed by atoms with Crippen molar-refractivity contribution in [1.29, 1.82) is 0 Å². The predicted octanol–water partition coefficient (Wildman–Crippen LogP) is 2.15. The second-order valence-corrected chi connectivity index (χ2v) is 6.36. The Morgan fingerprint density at radius 3 is 2.60 bits per heavy atom. The minimum atomic E-state index is -0.834. The van der Waals surface area contributed by atoms with E-state index >= 15 is 0 Å². The van der Waals surface area contributed by atoms with Crippen LogP contribution in [0.2, 0.25) is 0 Å². The van der Waals surface area contributed by atoms with Gasteiger partial charge in [-0.05, 0) is 31.9 Å². The lowest BCUT2D eigenvalue weighted by molar-refractivity contribution is -0.132. The molecule has 1 aliphatic heterocycles. The molecule has 2 rings (SSSR count). The first-order valence-corrected chi connectivity index (χ1v) is 8.03. The number of carbonyl (C=O) groups is 2. The van der Waals surface area contributed by atoms with E-state index in [1.165, 1.54) is 13.0 Å². The van der Waals surface area contributed by atoms with Crippen molar-refractivity contribution in [2.24, 2.45) is 11.7 Å². The van der Waals surface area contributed by atoms with Gasteiger partial charge in [0, 0.05) is 31.1 Å². The Morgan fingerprint density at radius 1 is 1.40 bits per heavy atom. The van der Waals surface area contributed by atoms with E-state index in [0.717, 1.165) is 18.6 Å². The lowest BCUT2D eigenvalue weighted by atomic mass is 10.0. The molecule has 0 spiro atoms. The van der Waals surface area contributed by atoms with Gasteiger partial charge in [-0.2, -0.15) is 0 Å². The third kappa shape index (κ3) is 5.37. The highest BCUT2D eigenvalue weighted by Crippen LogP contribution is 2.27. The number of halogens is 3. The molecule has 0 saturated carbocycles. The highest BCUT2D eigenvalue weighted by atomic mass is 35.5. The lowest BCUT2D eigenvalue weighted by Crippen LogP contribution is -2.38. The van der Waals surface area contributed by atoms with Crippen LogP contribution in [-0.4, -0.2) is 35.8 Å². The van der Waals surface area contributed by atoms with E-state index in [4.69, 9.17) is 5.73 Å². The van der Waals surface area contributed by atoms with E-state index in [0.29, 0.717) is 13.1 Å². The summed E-state index contributed by atoms with van der Waals surface area (Å²) in [7, 11) is 0. The Balaban J connectivity index is 0.00000312. The van der Waals surface area contributed by atoms with E-state index in [1.807, 2.05) is 6.92 Å². The van der Waals surface area contributed by atoms with Crippen LogP contribution in [-0.2, 0) is 9.59 Å². The number of hydrogen-bond donors (Lipinski definition) is 2. The van der Waals surface area contributed by atoms with Gasteiger partial charge in [0.2, 0.25) is 11.8 Å². The Hall–Kier alpha value is -1.73. The van der Waals surface area contributed by atoms with Crippen molar-refractivity contribution in [1.82, 2.24) is 10.2 Å². The number of benzene rings is 1. The van der Waals surface area contributed by atoms with Crippen molar-refractivity contribution in [3.63, 3.8) is 0 Å². The molecule has 0 aromatic heterocycles. The van der Waals surface area contributed by atoms with Crippen molar-refractivity contribution in [2.75, 3.05) is 13.1 Å². The minimum absolute atomic E-state index is 0. The quantitative estimate of drug-likeness (QED) is 0.828. The molecule has 0 radical (unpaired) electrons. The van der Waals surface area contributed by atoms with Crippen LogP contribution >= 0.6 is 12.4 Å². The SMILES string of the molecule is CC(=O)NC(CC(=O)N1CC(CN)CC1C)c1ccc(F)cc1F.Cl. The molecule has 5 nitrogen and oxygen atoms in total.